The quantitative estimate of drug-likeness (QED) is 0.487. The molecule has 0 aliphatic rings. The second-order valence-corrected chi connectivity index (χ2v) is 3.26. The van der Waals surface area contributed by atoms with Gasteiger partial charge in [-0.3, -0.25) is 0 Å². The maximum absolute atomic E-state index is 5.62. The fourth-order valence-electron chi connectivity index (χ4n) is 1.12. The van der Waals surface area contributed by atoms with Crippen molar-refractivity contribution in [3.05, 3.63) is 29.5 Å². The molecule has 0 aromatic carbocycles. The number of nitrogen functional groups attached to an aromatic ring is 1. The zero-order valence-electron chi connectivity index (χ0n) is 9.41. The van der Waals surface area contributed by atoms with E-state index in [4.69, 9.17) is 10.3 Å². The summed E-state index contributed by atoms with van der Waals surface area (Å²) >= 11 is 0. The van der Waals surface area contributed by atoms with Crippen LogP contribution in [-0.2, 0) is 0 Å². The number of rotatable bonds is 3. The molecule has 0 aliphatic heterocycles. The molecule has 0 atom stereocenters. The first-order valence-electron chi connectivity index (χ1n) is 4.69. The fourth-order valence-corrected chi connectivity index (χ4v) is 1.12. The van der Waals surface area contributed by atoms with Crippen LogP contribution in [0.4, 0.5) is 5.95 Å². The minimum atomic E-state index is 0. The number of hydrogen-bond acceptors (Lipinski definition) is 6. The van der Waals surface area contributed by atoms with Crippen molar-refractivity contribution in [2.75, 3.05) is 11.3 Å². The molecule has 0 unspecified atom stereocenters. The van der Waals surface area contributed by atoms with Gasteiger partial charge in [-0.25, -0.2) is 10.1 Å². The highest BCUT2D eigenvalue weighted by molar-refractivity contribution is 5.85. The van der Waals surface area contributed by atoms with Gasteiger partial charge in [0.2, 0.25) is 0 Å². The standard InChI is InChI=1S/C9H12N6O.ClH/c1-6-3-4-8(16-6)5-11-13-9-14-12-7(2)15(9)10;/h3-5H,10H2,1-2H3,(H,13,14);1H. The van der Waals surface area contributed by atoms with Crippen molar-refractivity contribution in [3.8, 4) is 0 Å². The van der Waals surface area contributed by atoms with Gasteiger partial charge in [-0.15, -0.1) is 22.6 Å². The molecular weight excluding hydrogens is 244 g/mol. The fraction of sp³-hybridized carbons (Fsp3) is 0.222. The zero-order chi connectivity index (χ0) is 11.5. The van der Waals surface area contributed by atoms with Gasteiger partial charge in [-0.1, -0.05) is 0 Å². The van der Waals surface area contributed by atoms with E-state index >= 15 is 0 Å². The summed E-state index contributed by atoms with van der Waals surface area (Å²) in [6, 6.07) is 3.68. The van der Waals surface area contributed by atoms with Crippen LogP contribution in [0.1, 0.15) is 17.3 Å². The van der Waals surface area contributed by atoms with Crippen LogP contribution in [0.15, 0.2) is 21.7 Å². The molecule has 8 heteroatoms. The Labute approximate surface area is 104 Å². The maximum atomic E-state index is 5.62. The molecule has 2 aromatic heterocycles. The Bertz CT molecular complexity index is 517. The number of anilines is 1. The Morgan fingerprint density at radius 3 is 2.71 bits per heavy atom. The molecule has 0 bridgehead atoms. The minimum absolute atomic E-state index is 0. The average molecular weight is 257 g/mol. The highest BCUT2D eigenvalue weighted by atomic mass is 35.5. The number of furan rings is 1. The second kappa shape index (κ2) is 5.35. The van der Waals surface area contributed by atoms with Gasteiger partial charge in [-0.2, -0.15) is 5.10 Å². The zero-order valence-corrected chi connectivity index (χ0v) is 10.2. The summed E-state index contributed by atoms with van der Waals surface area (Å²) in [5.41, 5.74) is 2.67. The summed E-state index contributed by atoms with van der Waals surface area (Å²) in [4.78, 5) is 0. The Balaban J connectivity index is 0.00000144. The molecule has 2 aromatic rings. The highest BCUT2D eigenvalue weighted by Gasteiger charge is 2.02. The van der Waals surface area contributed by atoms with E-state index in [1.807, 2.05) is 19.1 Å². The number of nitrogens with zero attached hydrogens (tertiary/aromatic N) is 4. The number of nitrogens with two attached hydrogens (primary N) is 1. The molecule has 0 spiro atoms. The first-order chi connectivity index (χ1) is 7.66. The molecule has 17 heavy (non-hydrogen) atoms. The first kappa shape index (κ1) is 13.0. The Hall–Kier alpha value is -2.02. The van der Waals surface area contributed by atoms with Crippen LogP contribution in [0.3, 0.4) is 0 Å². The van der Waals surface area contributed by atoms with E-state index in [9.17, 15) is 0 Å². The number of hydrazone groups is 1. The van der Waals surface area contributed by atoms with Crippen molar-refractivity contribution in [2.24, 2.45) is 5.10 Å². The van der Waals surface area contributed by atoms with Crippen molar-refractivity contribution in [1.82, 2.24) is 14.9 Å². The monoisotopic (exact) mass is 256 g/mol. The van der Waals surface area contributed by atoms with E-state index in [1.165, 1.54) is 10.9 Å². The number of hydrogen-bond donors (Lipinski definition) is 2. The summed E-state index contributed by atoms with van der Waals surface area (Å²) in [7, 11) is 0. The Kier molecular flexibility index (Phi) is 4.11. The molecule has 0 saturated carbocycles. The molecule has 3 N–H and O–H groups in total. The van der Waals surface area contributed by atoms with Crippen molar-refractivity contribution < 1.29 is 4.42 Å². The summed E-state index contributed by atoms with van der Waals surface area (Å²) in [5, 5.41) is 11.5. The van der Waals surface area contributed by atoms with E-state index in [0.717, 1.165) is 5.76 Å². The topological polar surface area (TPSA) is 94.3 Å². The van der Waals surface area contributed by atoms with E-state index < -0.39 is 0 Å². The number of aromatic nitrogens is 3. The van der Waals surface area contributed by atoms with Crippen molar-refractivity contribution in [2.45, 2.75) is 13.8 Å². The molecular formula is C9H13ClN6O. The number of nitrogens with one attached hydrogen (secondary N) is 1. The van der Waals surface area contributed by atoms with Crippen LogP contribution in [0, 0.1) is 13.8 Å². The van der Waals surface area contributed by atoms with Gasteiger partial charge in [-0.05, 0) is 26.0 Å². The number of halogens is 1. The molecule has 2 heterocycles. The van der Waals surface area contributed by atoms with Crippen LogP contribution >= 0.6 is 12.4 Å². The maximum Gasteiger partial charge on any atom is 0.263 e. The molecule has 0 saturated heterocycles. The largest absolute Gasteiger partial charge is 0.460 e. The average Bonchev–Trinajstić information content (AvgIpc) is 2.79. The van der Waals surface area contributed by atoms with E-state index in [-0.39, 0.29) is 12.4 Å². The lowest BCUT2D eigenvalue weighted by molar-refractivity contribution is 0.528. The lowest BCUT2D eigenvalue weighted by Crippen LogP contribution is -2.13. The van der Waals surface area contributed by atoms with Gasteiger partial charge in [0, 0.05) is 0 Å². The predicted octanol–water partition coefficient (Wildman–Crippen LogP) is 1.07. The van der Waals surface area contributed by atoms with Crippen molar-refractivity contribution >= 4 is 24.6 Å². The lowest BCUT2D eigenvalue weighted by Gasteiger charge is -1.98. The second-order valence-electron chi connectivity index (χ2n) is 3.26. The molecule has 0 radical (unpaired) electrons. The van der Waals surface area contributed by atoms with Crippen molar-refractivity contribution in [3.63, 3.8) is 0 Å². The third-order valence-corrected chi connectivity index (χ3v) is 1.98. The minimum Gasteiger partial charge on any atom is -0.460 e. The SMILES string of the molecule is Cc1ccc(C=NNc2nnc(C)n2N)o1.Cl. The predicted molar refractivity (Wildman–Crippen MR) is 66.8 cm³/mol. The normalized spacial score (nSPS) is 10.5. The van der Waals surface area contributed by atoms with E-state index in [2.05, 4.69) is 20.7 Å². The van der Waals surface area contributed by atoms with Crippen LogP contribution in [0.5, 0.6) is 0 Å². The lowest BCUT2D eigenvalue weighted by atomic mass is 10.4. The van der Waals surface area contributed by atoms with Gasteiger partial charge in [0.05, 0.1) is 6.21 Å². The van der Waals surface area contributed by atoms with Crippen LogP contribution in [0.25, 0.3) is 0 Å². The molecule has 0 amide bonds. The highest BCUT2D eigenvalue weighted by Crippen LogP contribution is 2.04. The third-order valence-electron chi connectivity index (χ3n) is 1.98. The molecule has 92 valence electrons. The van der Waals surface area contributed by atoms with Gasteiger partial charge in [0.25, 0.3) is 5.95 Å². The Morgan fingerprint density at radius 1 is 1.41 bits per heavy atom. The molecule has 0 fully saturated rings. The van der Waals surface area contributed by atoms with E-state index in [0.29, 0.717) is 17.5 Å². The van der Waals surface area contributed by atoms with Crippen LogP contribution in [0.2, 0.25) is 0 Å². The molecule has 7 nitrogen and oxygen atoms in total. The molecule has 2 rings (SSSR count). The third kappa shape index (κ3) is 2.97. The summed E-state index contributed by atoms with van der Waals surface area (Å²) in [5.74, 6) is 8.08. The summed E-state index contributed by atoms with van der Waals surface area (Å²) in [6.07, 6.45) is 1.54. The van der Waals surface area contributed by atoms with Gasteiger partial charge >= 0.3 is 0 Å². The first-order valence-corrected chi connectivity index (χ1v) is 4.69. The van der Waals surface area contributed by atoms with E-state index in [1.54, 1.807) is 6.92 Å². The Morgan fingerprint density at radius 2 is 2.18 bits per heavy atom. The van der Waals surface area contributed by atoms with Crippen molar-refractivity contribution in [1.29, 1.82) is 0 Å². The summed E-state index contributed by atoms with van der Waals surface area (Å²) in [6.45, 7) is 3.61. The van der Waals surface area contributed by atoms with Crippen LogP contribution < -0.4 is 11.3 Å². The van der Waals surface area contributed by atoms with Gasteiger partial charge in [0.1, 0.15) is 11.5 Å². The van der Waals surface area contributed by atoms with Gasteiger partial charge in [0.15, 0.2) is 5.82 Å². The number of aryl methyl sites for hydroxylation is 2. The van der Waals surface area contributed by atoms with Crippen LogP contribution in [-0.4, -0.2) is 21.1 Å². The summed E-state index contributed by atoms with van der Waals surface area (Å²) < 4.78 is 6.60. The smallest absolute Gasteiger partial charge is 0.263 e. The molecule has 0 aliphatic carbocycles. The van der Waals surface area contributed by atoms with Gasteiger partial charge < -0.3 is 10.3 Å².